The number of carbonyl (C=O) groups is 2. The van der Waals surface area contributed by atoms with Crippen molar-refractivity contribution in [3.8, 4) is 0 Å². The van der Waals surface area contributed by atoms with Crippen molar-refractivity contribution < 1.29 is 14.3 Å². The molecule has 0 radical (unpaired) electrons. The average molecular weight is 244 g/mol. The number of rotatable bonds is 4. The summed E-state index contributed by atoms with van der Waals surface area (Å²) in [5.41, 5.74) is 2.14. The van der Waals surface area contributed by atoms with Gasteiger partial charge in [0.25, 0.3) is 5.91 Å². The topological polar surface area (TPSA) is 96.7 Å². The van der Waals surface area contributed by atoms with E-state index < -0.39 is 12.1 Å². The summed E-state index contributed by atoms with van der Waals surface area (Å²) >= 11 is 0. The van der Waals surface area contributed by atoms with Crippen molar-refractivity contribution in [3.05, 3.63) is 0 Å². The smallest absolute Gasteiger partial charge is 0.251 e. The predicted molar refractivity (Wildman–Crippen MR) is 61.8 cm³/mol. The number of hydrazine groups is 1. The van der Waals surface area contributed by atoms with Crippen molar-refractivity contribution in [3.63, 3.8) is 0 Å². The molecule has 0 aliphatic carbocycles. The van der Waals surface area contributed by atoms with Crippen LogP contribution in [0, 0.1) is 0 Å². The molecular weight excluding hydrogens is 224 g/mol. The number of nitrogens with zero attached hydrogens (tertiary/aromatic N) is 1. The van der Waals surface area contributed by atoms with Gasteiger partial charge in [0.05, 0.1) is 19.3 Å². The zero-order valence-corrected chi connectivity index (χ0v) is 10.2. The monoisotopic (exact) mass is 244 g/mol. The Morgan fingerprint density at radius 1 is 1.59 bits per heavy atom. The van der Waals surface area contributed by atoms with Crippen LogP contribution < -0.4 is 16.6 Å². The molecule has 1 aliphatic rings. The maximum atomic E-state index is 11.7. The molecule has 2 atom stereocenters. The Morgan fingerprint density at radius 2 is 2.29 bits per heavy atom. The summed E-state index contributed by atoms with van der Waals surface area (Å²) in [6.07, 6.45) is 0.594. The Kier molecular flexibility index (Phi) is 5.33. The van der Waals surface area contributed by atoms with Crippen molar-refractivity contribution in [1.29, 1.82) is 0 Å². The molecular formula is C10H20N4O3. The average Bonchev–Trinajstić information content (AvgIpc) is 2.39. The second-order valence-corrected chi connectivity index (χ2v) is 3.88. The van der Waals surface area contributed by atoms with E-state index in [9.17, 15) is 9.59 Å². The fourth-order valence-electron chi connectivity index (χ4n) is 2.05. The van der Waals surface area contributed by atoms with Crippen LogP contribution in [0.4, 0.5) is 0 Å². The van der Waals surface area contributed by atoms with Gasteiger partial charge >= 0.3 is 0 Å². The molecule has 0 aromatic carbocycles. The maximum absolute atomic E-state index is 11.7. The van der Waals surface area contributed by atoms with Crippen LogP contribution in [0.1, 0.15) is 13.3 Å². The molecule has 7 heteroatoms. The fourth-order valence-corrected chi connectivity index (χ4v) is 2.05. The van der Waals surface area contributed by atoms with Crippen LogP contribution in [0.3, 0.4) is 0 Å². The first-order valence-electron chi connectivity index (χ1n) is 5.71. The van der Waals surface area contributed by atoms with E-state index in [1.807, 2.05) is 11.8 Å². The standard InChI is InChI=1S/C10H20N4O3/c1-3-7(10(16)13-11)14-4-5-17-6-8(14)9(15)12-2/h7-8H,3-6,11H2,1-2H3,(H,12,15)(H,13,16). The molecule has 0 aromatic heterocycles. The molecule has 2 amide bonds. The molecule has 1 heterocycles. The Bertz CT molecular complexity index is 267. The third-order valence-electron chi connectivity index (χ3n) is 2.95. The van der Waals surface area contributed by atoms with E-state index >= 15 is 0 Å². The van der Waals surface area contributed by atoms with Crippen LogP contribution in [0.2, 0.25) is 0 Å². The van der Waals surface area contributed by atoms with Gasteiger partial charge in [-0.2, -0.15) is 0 Å². The molecule has 1 aliphatic heterocycles. The summed E-state index contributed by atoms with van der Waals surface area (Å²) in [5, 5.41) is 2.58. The highest BCUT2D eigenvalue weighted by Crippen LogP contribution is 2.14. The quantitative estimate of drug-likeness (QED) is 0.308. The van der Waals surface area contributed by atoms with Gasteiger partial charge in [-0.1, -0.05) is 6.92 Å². The van der Waals surface area contributed by atoms with Gasteiger partial charge in [-0.05, 0) is 6.42 Å². The van der Waals surface area contributed by atoms with Crippen molar-refractivity contribution in [1.82, 2.24) is 15.6 Å². The highest BCUT2D eigenvalue weighted by atomic mass is 16.5. The van der Waals surface area contributed by atoms with E-state index in [4.69, 9.17) is 10.6 Å². The maximum Gasteiger partial charge on any atom is 0.251 e. The Labute approximate surface area is 101 Å². The summed E-state index contributed by atoms with van der Waals surface area (Å²) in [7, 11) is 1.57. The number of hydrogen-bond acceptors (Lipinski definition) is 5. The lowest BCUT2D eigenvalue weighted by Gasteiger charge is -2.38. The molecule has 1 saturated heterocycles. The summed E-state index contributed by atoms with van der Waals surface area (Å²) in [4.78, 5) is 25.2. The van der Waals surface area contributed by atoms with Crippen molar-refractivity contribution in [2.75, 3.05) is 26.8 Å². The van der Waals surface area contributed by atoms with Gasteiger partial charge in [0.15, 0.2) is 0 Å². The third-order valence-corrected chi connectivity index (χ3v) is 2.95. The van der Waals surface area contributed by atoms with E-state index in [1.54, 1.807) is 7.05 Å². The number of amides is 2. The SMILES string of the molecule is CCC(C(=O)NN)N1CCOCC1C(=O)NC. The number of ether oxygens (including phenoxy) is 1. The second kappa shape index (κ2) is 6.53. The van der Waals surface area contributed by atoms with E-state index in [2.05, 4.69) is 10.7 Å². The molecule has 0 saturated carbocycles. The van der Waals surface area contributed by atoms with Crippen LogP contribution in [0.5, 0.6) is 0 Å². The first-order chi connectivity index (χ1) is 8.15. The molecule has 7 nitrogen and oxygen atoms in total. The fraction of sp³-hybridized carbons (Fsp3) is 0.800. The van der Waals surface area contributed by atoms with E-state index in [0.29, 0.717) is 26.2 Å². The predicted octanol–water partition coefficient (Wildman–Crippen LogP) is -1.80. The third kappa shape index (κ3) is 3.15. The number of morpholine rings is 1. The number of nitrogens with two attached hydrogens (primary N) is 1. The first-order valence-corrected chi connectivity index (χ1v) is 5.71. The molecule has 98 valence electrons. The van der Waals surface area contributed by atoms with Crippen molar-refractivity contribution in [2.24, 2.45) is 5.84 Å². The minimum absolute atomic E-state index is 0.145. The highest BCUT2D eigenvalue weighted by Gasteiger charge is 2.35. The van der Waals surface area contributed by atoms with Gasteiger partial charge in [-0.15, -0.1) is 0 Å². The molecule has 1 fully saturated rings. The highest BCUT2D eigenvalue weighted by molar-refractivity contribution is 5.85. The lowest BCUT2D eigenvalue weighted by molar-refractivity contribution is -0.140. The normalized spacial score (nSPS) is 22.9. The molecule has 1 rings (SSSR count). The molecule has 0 aromatic rings. The summed E-state index contributed by atoms with van der Waals surface area (Å²) in [5.74, 6) is 4.73. The molecule has 4 N–H and O–H groups in total. The minimum Gasteiger partial charge on any atom is -0.378 e. The van der Waals surface area contributed by atoms with Gasteiger partial charge in [-0.3, -0.25) is 19.9 Å². The molecule has 2 unspecified atom stereocenters. The van der Waals surface area contributed by atoms with Gasteiger partial charge in [-0.25, -0.2) is 5.84 Å². The van der Waals surface area contributed by atoms with Crippen LogP contribution >= 0.6 is 0 Å². The zero-order chi connectivity index (χ0) is 12.8. The second-order valence-electron chi connectivity index (χ2n) is 3.88. The van der Waals surface area contributed by atoms with E-state index in [1.165, 1.54) is 0 Å². The van der Waals surface area contributed by atoms with Gasteiger partial charge < -0.3 is 10.1 Å². The van der Waals surface area contributed by atoms with Crippen LogP contribution in [0.15, 0.2) is 0 Å². The lowest BCUT2D eigenvalue weighted by Crippen LogP contribution is -2.60. The summed E-state index contributed by atoms with van der Waals surface area (Å²) in [6, 6.07) is -0.831. The summed E-state index contributed by atoms with van der Waals surface area (Å²) in [6.45, 7) is 3.25. The number of nitrogens with one attached hydrogen (secondary N) is 2. The largest absolute Gasteiger partial charge is 0.378 e. The first kappa shape index (κ1) is 13.9. The van der Waals surface area contributed by atoms with Gasteiger partial charge in [0, 0.05) is 13.6 Å². The van der Waals surface area contributed by atoms with Crippen molar-refractivity contribution in [2.45, 2.75) is 25.4 Å². The van der Waals surface area contributed by atoms with Crippen LogP contribution in [0.25, 0.3) is 0 Å². The zero-order valence-electron chi connectivity index (χ0n) is 10.2. The van der Waals surface area contributed by atoms with Crippen LogP contribution in [-0.4, -0.2) is 55.6 Å². The van der Waals surface area contributed by atoms with E-state index in [0.717, 1.165) is 0 Å². The van der Waals surface area contributed by atoms with Crippen molar-refractivity contribution >= 4 is 11.8 Å². The number of carbonyl (C=O) groups excluding carboxylic acids is 2. The van der Waals surface area contributed by atoms with Gasteiger partial charge in [0.1, 0.15) is 6.04 Å². The Morgan fingerprint density at radius 3 is 2.82 bits per heavy atom. The van der Waals surface area contributed by atoms with E-state index in [-0.39, 0.29) is 11.8 Å². The Balaban J connectivity index is 2.81. The minimum atomic E-state index is -0.434. The van der Waals surface area contributed by atoms with Gasteiger partial charge in [0.2, 0.25) is 5.91 Å². The number of hydrogen-bond donors (Lipinski definition) is 3. The molecule has 0 spiro atoms. The number of likely N-dealkylation sites (N-methyl/N-ethyl adjacent to an activating group) is 1. The van der Waals surface area contributed by atoms with Crippen LogP contribution in [-0.2, 0) is 14.3 Å². The Hall–Kier alpha value is -1.18. The summed E-state index contributed by atoms with van der Waals surface area (Å²) < 4.78 is 5.28. The molecule has 0 bridgehead atoms. The lowest BCUT2D eigenvalue weighted by atomic mass is 10.1. The molecule has 17 heavy (non-hydrogen) atoms.